The van der Waals surface area contributed by atoms with Gasteiger partial charge in [-0.3, -0.25) is 10.1 Å². The minimum atomic E-state index is -2.06. The van der Waals surface area contributed by atoms with Crippen molar-refractivity contribution in [1.82, 2.24) is 5.32 Å². The first-order chi connectivity index (χ1) is 17.5. The first-order valence-electron chi connectivity index (χ1n) is 13.2. The summed E-state index contributed by atoms with van der Waals surface area (Å²) in [6.07, 6.45) is 4.04. The molecule has 1 heterocycles. The molecule has 1 aliphatic carbocycles. The third-order valence-corrected chi connectivity index (χ3v) is 14.3. The molecule has 0 unspecified atom stereocenters. The average molecular weight is 532 g/mol. The van der Waals surface area contributed by atoms with Gasteiger partial charge in [-0.25, -0.2) is 0 Å². The summed E-state index contributed by atoms with van der Waals surface area (Å²) in [5, 5.41) is 3.69. The summed E-state index contributed by atoms with van der Waals surface area (Å²) in [5.74, 6) is 1.42. The normalized spacial score (nSPS) is 21.9. The zero-order valence-corrected chi connectivity index (χ0v) is 25.2. The number of carbonyl (C=O) groups excluding carboxylic acids is 1. The Labute approximate surface area is 223 Å². The monoisotopic (exact) mass is 531 g/mol. The van der Waals surface area contributed by atoms with Gasteiger partial charge in [0.05, 0.1) is 33.0 Å². The molecule has 2 atom stereocenters. The number of ether oxygens (including phenoxy) is 4. The Hall–Kier alpha value is -2.13. The van der Waals surface area contributed by atoms with E-state index in [-0.39, 0.29) is 11.9 Å². The highest BCUT2D eigenvalue weighted by molar-refractivity contribution is 6.77. The number of benzene rings is 1. The van der Waals surface area contributed by atoms with E-state index in [0.717, 1.165) is 16.7 Å². The smallest absolute Gasteiger partial charge is 0.220 e. The fourth-order valence-electron chi connectivity index (χ4n) is 6.56. The Kier molecular flexibility index (Phi) is 9.32. The van der Waals surface area contributed by atoms with Crippen LogP contribution in [-0.2, 0) is 24.2 Å². The summed E-state index contributed by atoms with van der Waals surface area (Å²) < 4.78 is 29.5. The van der Waals surface area contributed by atoms with Gasteiger partial charge in [-0.05, 0) is 64.0 Å². The van der Waals surface area contributed by atoms with Crippen LogP contribution in [0.15, 0.2) is 35.6 Å². The van der Waals surface area contributed by atoms with Crippen molar-refractivity contribution in [2.24, 2.45) is 0 Å². The third kappa shape index (κ3) is 5.13. The van der Waals surface area contributed by atoms with Gasteiger partial charge in [-0.2, -0.15) is 0 Å². The third-order valence-electron chi connectivity index (χ3n) is 8.23. The average Bonchev–Trinajstić information content (AvgIpc) is 2.86. The Bertz CT molecular complexity index is 1030. The van der Waals surface area contributed by atoms with Crippen LogP contribution in [0, 0.1) is 0 Å². The molecule has 0 saturated heterocycles. The van der Waals surface area contributed by atoms with Crippen molar-refractivity contribution in [2.45, 2.75) is 76.2 Å². The molecule has 1 spiro atoms. The molecular formula is C29H45NO6Si. The molecule has 0 aromatic heterocycles. The number of methoxy groups -OCH3 is 4. The van der Waals surface area contributed by atoms with Crippen molar-refractivity contribution in [3.63, 3.8) is 0 Å². The molecule has 1 N–H and O–H groups in total. The van der Waals surface area contributed by atoms with Crippen LogP contribution >= 0.6 is 0 Å². The van der Waals surface area contributed by atoms with Crippen LogP contribution in [0.4, 0.5) is 0 Å². The highest BCUT2D eigenvalue weighted by Crippen LogP contribution is 2.48. The van der Waals surface area contributed by atoms with E-state index in [1.54, 1.807) is 27.4 Å². The molecule has 1 aromatic carbocycles. The van der Waals surface area contributed by atoms with Gasteiger partial charge in [0, 0.05) is 20.3 Å². The van der Waals surface area contributed by atoms with E-state index in [4.69, 9.17) is 23.4 Å². The van der Waals surface area contributed by atoms with Gasteiger partial charge in [0.15, 0.2) is 25.6 Å². The van der Waals surface area contributed by atoms with Crippen molar-refractivity contribution in [1.29, 1.82) is 0 Å². The van der Waals surface area contributed by atoms with Crippen LogP contribution in [0.3, 0.4) is 0 Å². The molecule has 8 heteroatoms. The van der Waals surface area contributed by atoms with Gasteiger partial charge >= 0.3 is 0 Å². The van der Waals surface area contributed by atoms with Crippen LogP contribution in [0.1, 0.15) is 65.2 Å². The SMILES string of the molecule is COC1=C[C@]2(NC[C@@H](OC)c3cc(OC)c(OC)cc32)C(CCO[Si](C(C)C)(C(C)C)C(C)C)=CC1=O. The van der Waals surface area contributed by atoms with Crippen LogP contribution in [0.5, 0.6) is 11.5 Å². The highest BCUT2D eigenvalue weighted by Gasteiger charge is 2.47. The lowest BCUT2D eigenvalue weighted by atomic mass is 9.72. The fourth-order valence-corrected chi connectivity index (χ4v) is 12.0. The van der Waals surface area contributed by atoms with Gasteiger partial charge in [0.2, 0.25) is 5.78 Å². The van der Waals surface area contributed by atoms with Crippen LogP contribution in [0.25, 0.3) is 0 Å². The predicted octanol–water partition coefficient (Wildman–Crippen LogP) is 5.81. The molecular weight excluding hydrogens is 486 g/mol. The first kappa shape index (κ1) is 29.4. The number of carbonyl (C=O) groups is 1. The van der Waals surface area contributed by atoms with E-state index in [0.29, 0.717) is 53.5 Å². The standard InChI is InChI=1S/C29H45NO6Si/c1-18(2)37(19(3)4,20(5)6)36-12-11-21-13-24(31)27(34-9)16-29(21)23-15-26(33-8)25(32-7)14-22(23)28(35-10)17-30-29/h13-16,18-20,28,30H,11-12,17H2,1-10H3/t28-,29+/m1/s1. The number of nitrogens with one attached hydrogen (secondary N) is 1. The van der Waals surface area contributed by atoms with E-state index >= 15 is 0 Å². The maximum Gasteiger partial charge on any atom is 0.220 e. The summed E-state index contributed by atoms with van der Waals surface area (Å²) in [6, 6.07) is 3.96. The number of rotatable bonds is 11. The van der Waals surface area contributed by atoms with Gasteiger partial charge in [-0.15, -0.1) is 0 Å². The zero-order valence-electron chi connectivity index (χ0n) is 24.2. The van der Waals surface area contributed by atoms with Crippen molar-refractivity contribution in [3.05, 3.63) is 46.7 Å². The van der Waals surface area contributed by atoms with E-state index in [1.807, 2.05) is 18.2 Å². The second-order valence-corrected chi connectivity index (χ2v) is 16.3. The van der Waals surface area contributed by atoms with E-state index in [9.17, 15) is 4.79 Å². The lowest BCUT2D eigenvalue weighted by Crippen LogP contribution is -2.51. The predicted molar refractivity (Wildman–Crippen MR) is 149 cm³/mol. The van der Waals surface area contributed by atoms with E-state index < -0.39 is 13.9 Å². The molecule has 1 aromatic rings. The van der Waals surface area contributed by atoms with Gasteiger partial charge in [-0.1, -0.05) is 41.5 Å². The molecule has 0 amide bonds. The minimum absolute atomic E-state index is 0.138. The number of ketones is 1. The maximum absolute atomic E-state index is 13.0. The van der Waals surface area contributed by atoms with Crippen LogP contribution < -0.4 is 14.8 Å². The second-order valence-electron chi connectivity index (χ2n) is 10.9. The minimum Gasteiger partial charge on any atom is -0.493 e. The van der Waals surface area contributed by atoms with Crippen LogP contribution in [-0.4, -0.2) is 55.7 Å². The maximum atomic E-state index is 13.0. The van der Waals surface area contributed by atoms with Crippen LogP contribution in [0.2, 0.25) is 16.6 Å². The number of allylic oxidation sites excluding steroid dienone is 1. The lowest BCUT2D eigenvalue weighted by molar-refractivity contribution is -0.114. The summed E-state index contributed by atoms with van der Waals surface area (Å²) in [4.78, 5) is 13.0. The zero-order chi connectivity index (χ0) is 27.5. The molecule has 2 aliphatic rings. The first-order valence-corrected chi connectivity index (χ1v) is 15.4. The Morgan fingerprint density at radius 2 is 1.54 bits per heavy atom. The summed E-state index contributed by atoms with van der Waals surface area (Å²) in [5.41, 5.74) is 3.58. The highest BCUT2D eigenvalue weighted by atomic mass is 28.4. The Morgan fingerprint density at radius 1 is 0.946 bits per heavy atom. The van der Waals surface area contributed by atoms with Gasteiger partial charge in [0.25, 0.3) is 0 Å². The molecule has 0 saturated carbocycles. The Balaban J connectivity index is 2.10. The second kappa shape index (κ2) is 11.7. The van der Waals surface area contributed by atoms with Crippen molar-refractivity contribution < 1.29 is 28.2 Å². The molecule has 3 rings (SSSR count). The van der Waals surface area contributed by atoms with Gasteiger partial charge < -0.3 is 23.4 Å². The van der Waals surface area contributed by atoms with Gasteiger partial charge in [0.1, 0.15) is 0 Å². The van der Waals surface area contributed by atoms with Crippen molar-refractivity contribution in [3.8, 4) is 11.5 Å². The van der Waals surface area contributed by atoms with E-state index in [1.165, 1.54) is 7.11 Å². The number of hydrogen-bond donors (Lipinski definition) is 1. The largest absolute Gasteiger partial charge is 0.493 e. The Morgan fingerprint density at radius 3 is 2.05 bits per heavy atom. The fraction of sp³-hybridized carbons (Fsp3) is 0.621. The van der Waals surface area contributed by atoms with Crippen molar-refractivity contribution >= 4 is 14.1 Å². The number of hydrogen-bond acceptors (Lipinski definition) is 7. The topological polar surface area (TPSA) is 75.2 Å². The molecule has 37 heavy (non-hydrogen) atoms. The molecule has 7 nitrogen and oxygen atoms in total. The molecule has 0 fully saturated rings. The summed E-state index contributed by atoms with van der Waals surface area (Å²) >= 11 is 0. The molecule has 0 radical (unpaired) electrons. The molecule has 206 valence electrons. The lowest BCUT2D eigenvalue weighted by Gasteiger charge is -2.45. The van der Waals surface area contributed by atoms with E-state index in [2.05, 4.69) is 46.9 Å². The van der Waals surface area contributed by atoms with Crippen molar-refractivity contribution in [2.75, 3.05) is 41.6 Å². The quantitative estimate of drug-likeness (QED) is 0.361. The summed E-state index contributed by atoms with van der Waals surface area (Å²) in [7, 11) is 4.43. The molecule has 1 aliphatic heterocycles. The molecule has 0 bridgehead atoms. The summed E-state index contributed by atoms with van der Waals surface area (Å²) in [6.45, 7) is 14.8. The number of fused-ring (bicyclic) bond motifs is 2.